The van der Waals surface area contributed by atoms with Gasteiger partial charge in [0.2, 0.25) is 0 Å². The maximum Gasteiger partial charge on any atom is 0.188 e. The fraction of sp³-hybridized carbons (Fsp3) is 0.357. The number of hydrogen-bond acceptors (Lipinski definition) is 6. The highest BCUT2D eigenvalue weighted by atomic mass is 16.5. The molecule has 106 valence electrons. The molecule has 4 atom stereocenters. The molecule has 0 spiro atoms. The zero-order chi connectivity index (χ0) is 14.4. The Kier molecular flexibility index (Phi) is 3.10. The van der Waals surface area contributed by atoms with E-state index in [0.717, 1.165) is 0 Å². The highest BCUT2D eigenvalue weighted by molar-refractivity contribution is 6.11. The van der Waals surface area contributed by atoms with E-state index in [9.17, 15) is 9.90 Å². The molecule has 1 saturated heterocycles. The van der Waals surface area contributed by atoms with E-state index in [1.807, 2.05) is 0 Å². The number of nitrogens with two attached hydrogens (primary N) is 2. The molecule has 2 aliphatic carbocycles. The van der Waals surface area contributed by atoms with E-state index in [-0.39, 0.29) is 12.4 Å². The minimum absolute atomic E-state index is 0.155. The molecule has 20 heavy (non-hydrogen) atoms. The van der Waals surface area contributed by atoms with Crippen LogP contribution in [0.25, 0.3) is 0 Å². The first-order chi connectivity index (χ1) is 9.52. The standard InChI is InChI=1S/C14H16N2O4/c15-6-3-9-7(10(18)4-6)1-2-8(9)14-12(16)13(19)11(5-17)20-14/h1-4,11-14,17,19H,5,15-16H2/t11-,12-,13-,14+/m1/s1. The van der Waals surface area contributed by atoms with Crippen LogP contribution in [-0.4, -0.2) is 47.0 Å². The van der Waals surface area contributed by atoms with Gasteiger partial charge in [-0.15, -0.1) is 0 Å². The predicted molar refractivity (Wildman–Crippen MR) is 71.3 cm³/mol. The summed E-state index contributed by atoms with van der Waals surface area (Å²) >= 11 is 0. The fourth-order valence-electron chi connectivity index (χ4n) is 2.79. The Hall–Kier alpha value is -1.73. The summed E-state index contributed by atoms with van der Waals surface area (Å²) in [6, 6.07) is -0.658. The molecule has 3 rings (SSSR count). The maximum absolute atomic E-state index is 11.9. The van der Waals surface area contributed by atoms with Gasteiger partial charge in [-0.25, -0.2) is 0 Å². The van der Waals surface area contributed by atoms with Gasteiger partial charge in [0, 0.05) is 17.3 Å². The van der Waals surface area contributed by atoms with Crippen LogP contribution in [0.5, 0.6) is 0 Å². The lowest BCUT2D eigenvalue weighted by Gasteiger charge is -2.21. The van der Waals surface area contributed by atoms with Gasteiger partial charge in [0.15, 0.2) is 5.78 Å². The van der Waals surface area contributed by atoms with Crippen LogP contribution in [-0.2, 0) is 9.53 Å². The lowest BCUT2D eigenvalue weighted by molar-refractivity contribution is -0.111. The molecule has 0 radical (unpaired) electrons. The minimum Gasteiger partial charge on any atom is -0.399 e. The highest BCUT2D eigenvalue weighted by Crippen LogP contribution is 2.37. The Morgan fingerprint density at radius 3 is 2.65 bits per heavy atom. The molecule has 0 amide bonds. The van der Waals surface area contributed by atoms with Crippen molar-refractivity contribution in [2.45, 2.75) is 24.4 Å². The first kappa shape index (κ1) is 13.3. The summed E-state index contributed by atoms with van der Waals surface area (Å²) in [5.41, 5.74) is 14.0. The first-order valence-corrected chi connectivity index (χ1v) is 6.38. The van der Waals surface area contributed by atoms with E-state index in [4.69, 9.17) is 21.3 Å². The van der Waals surface area contributed by atoms with Gasteiger partial charge in [0.05, 0.1) is 12.6 Å². The van der Waals surface area contributed by atoms with Crippen molar-refractivity contribution in [1.29, 1.82) is 0 Å². The molecular weight excluding hydrogens is 260 g/mol. The summed E-state index contributed by atoms with van der Waals surface area (Å²) in [5.74, 6) is -0.155. The number of rotatable bonds is 2. The molecule has 0 bridgehead atoms. The minimum atomic E-state index is -0.942. The molecule has 0 saturated carbocycles. The van der Waals surface area contributed by atoms with Gasteiger partial charge in [0.25, 0.3) is 0 Å². The van der Waals surface area contributed by atoms with Crippen LogP contribution in [0.4, 0.5) is 0 Å². The number of aliphatic hydroxyl groups is 2. The van der Waals surface area contributed by atoms with Crippen LogP contribution in [0.15, 0.2) is 46.7 Å². The number of fused-ring (bicyclic) bond motifs is 1. The van der Waals surface area contributed by atoms with Crippen molar-refractivity contribution >= 4 is 5.78 Å². The molecule has 0 aromatic carbocycles. The Bertz CT molecular complexity index is 588. The average molecular weight is 276 g/mol. The summed E-state index contributed by atoms with van der Waals surface area (Å²) < 4.78 is 5.60. The van der Waals surface area contributed by atoms with Crippen LogP contribution >= 0.6 is 0 Å². The second-order valence-corrected chi connectivity index (χ2v) is 5.11. The zero-order valence-electron chi connectivity index (χ0n) is 10.7. The quantitative estimate of drug-likeness (QED) is 0.495. The van der Waals surface area contributed by atoms with Gasteiger partial charge < -0.3 is 26.4 Å². The number of ether oxygens (including phenoxy) is 1. The van der Waals surface area contributed by atoms with E-state index in [2.05, 4.69) is 0 Å². The lowest BCUT2D eigenvalue weighted by Crippen LogP contribution is -2.41. The lowest BCUT2D eigenvalue weighted by atomic mass is 9.89. The van der Waals surface area contributed by atoms with Crippen molar-refractivity contribution in [1.82, 2.24) is 0 Å². The summed E-state index contributed by atoms with van der Waals surface area (Å²) in [6.45, 7) is -0.307. The molecule has 0 aromatic heterocycles. The average Bonchev–Trinajstić information content (AvgIpc) is 2.93. The topological polar surface area (TPSA) is 119 Å². The largest absolute Gasteiger partial charge is 0.399 e. The van der Waals surface area contributed by atoms with Crippen molar-refractivity contribution in [3.05, 3.63) is 46.7 Å². The number of carbonyl (C=O) groups is 1. The van der Waals surface area contributed by atoms with E-state index in [0.29, 0.717) is 22.4 Å². The SMILES string of the molecule is NC1=CC(=O)C2=CC=C([C@@H]3O[C@H](CO)[C@@H](O)[C@H]3N)C2=C1. The molecule has 1 fully saturated rings. The van der Waals surface area contributed by atoms with E-state index < -0.39 is 24.4 Å². The third-order valence-corrected chi connectivity index (χ3v) is 3.84. The zero-order valence-corrected chi connectivity index (χ0v) is 10.7. The van der Waals surface area contributed by atoms with E-state index >= 15 is 0 Å². The molecule has 6 N–H and O–H groups in total. The molecule has 0 aromatic rings. The van der Waals surface area contributed by atoms with Crippen molar-refractivity contribution in [2.75, 3.05) is 6.61 Å². The highest BCUT2D eigenvalue weighted by Gasteiger charge is 2.44. The predicted octanol–water partition coefficient (Wildman–Crippen LogP) is -1.35. The van der Waals surface area contributed by atoms with E-state index in [1.165, 1.54) is 6.08 Å². The second-order valence-electron chi connectivity index (χ2n) is 5.11. The van der Waals surface area contributed by atoms with Gasteiger partial charge in [-0.05, 0) is 17.2 Å². The molecule has 6 heteroatoms. The summed E-state index contributed by atoms with van der Waals surface area (Å²) in [5, 5.41) is 19.1. The van der Waals surface area contributed by atoms with Gasteiger partial charge in [0.1, 0.15) is 18.3 Å². The van der Waals surface area contributed by atoms with Crippen molar-refractivity contribution < 1.29 is 19.7 Å². The van der Waals surface area contributed by atoms with Crippen molar-refractivity contribution in [3.63, 3.8) is 0 Å². The second kappa shape index (κ2) is 4.68. The number of hydrogen-bond donors (Lipinski definition) is 4. The Morgan fingerprint density at radius 1 is 1.25 bits per heavy atom. The van der Waals surface area contributed by atoms with Gasteiger partial charge in [-0.1, -0.05) is 12.2 Å². The maximum atomic E-state index is 11.9. The number of ketones is 1. The van der Waals surface area contributed by atoms with Gasteiger partial charge >= 0.3 is 0 Å². The molecule has 1 aliphatic heterocycles. The van der Waals surface area contributed by atoms with Crippen LogP contribution < -0.4 is 11.5 Å². The van der Waals surface area contributed by atoms with Crippen molar-refractivity contribution in [2.24, 2.45) is 11.5 Å². The van der Waals surface area contributed by atoms with Crippen LogP contribution in [0.3, 0.4) is 0 Å². The monoisotopic (exact) mass is 276 g/mol. The van der Waals surface area contributed by atoms with Crippen LogP contribution in [0.2, 0.25) is 0 Å². The summed E-state index contributed by atoms with van der Waals surface area (Å²) in [4.78, 5) is 11.9. The molecule has 0 unspecified atom stereocenters. The number of aliphatic hydroxyl groups excluding tert-OH is 2. The van der Waals surface area contributed by atoms with E-state index in [1.54, 1.807) is 18.2 Å². The number of carbonyl (C=O) groups excluding carboxylic acids is 1. The van der Waals surface area contributed by atoms with Crippen LogP contribution in [0.1, 0.15) is 0 Å². The first-order valence-electron chi connectivity index (χ1n) is 6.38. The fourth-order valence-corrected chi connectivity index (χ4v) is 2.79. The van der Waals surface area contributed by atoms with Crippen LogP contribution in [0, 0.1) is 0 Å². The Morgan fingerprint density at radius 2 is 2.00 bits per heavy atom. The third-order valence-electron chi connectivity index (χ3n) is 3.84. The Labute approximate surface area is 115 Å². The van der Waals surface area contributed by atoms with Crippen molar-refractivity contribution in [3.8, 4) is 0 Å². The summed E-state index contributed by atoms with van der Waals surface area (Å²) in [6.07, 6.45) is 4.29. The normalized spacial score (nSPS) is 36.2. The molecular formula is C14H16N2O4. The van der Waals surface area contributed by atoms with Gasteiger partial charge in [-0.2, -0.15) is 0 Å². The van der Waals surface area contributed by atoms with Gasteiger partial charge in [-0.3, -0.25) is 4.79 Å². The summed E-state index contributed by atoms with van der Waals surface area (Å²) in [7, 11) is 0. The molecule has 3 aliphatic rings. The number of allylic oxidation sites excluding steroid dienone is 5. The molecule has 6 nitrogen and oxygen atoms in total. The molecule has 1 heterocycles. The third kappa shape index (κ3) is 1.85. The smallest absolute Gasteiger partial charge is 0.188 e. The Balaban J connectivity index is 1.91.